The van der Waals surface area contributed by atoms with Crippen molar-refractivity contribution in [3.8, 4) is 5.75 Å². The Kier molecular flexibility index (Phi) is 4.56. The highest BCUT2D eigenvalue weighted by atomic mass is 32.2. The lowest BCUT2D eigenvalue weighted by Crippen LogP contribution is -2.54. The molecular formula is C15H21N3O4S. The van der Waals surface area contributed by atoms with Crippen LogP contribution in [0.3, 0.4) is 0 Å². The maximum atomic E-state index is 12.7. The molecule has 1 amide bonds. The highest BCUT2D eigenvalue weighted by molar-refractivity contribution is 7.87. The van der Waals surface area contributed by atoms with Crippen LogP contribution in [0.15, 0.2) is 24.3 Å². The Labute approximate surface area is 136 Å². The van der Waals surface area contributed by atoms with Crippen LogP contribution in [0.25, 0.3) is 0 Å². The number of nitrogens with one attached hydrogen (secondary N) is 1. The normalized spacial score (nSPS) is 22.3. The average molecular weight is 339 g/mol. The maximum Gasteiger partial charge on any atom is 0.279 e. The number of amides is 1. The van der Waals surface area contributed by atoms with E-state index in [9.17, 15) is 13.2 Å². The van der Waals surface area contributed by atoms with E-state index in [0.29, 0.717) is 39.2 Å². The molecular weight excluding hydrogens is 318 g/mol. The Morgan fingerprint density at radius 2 is 1.91 bits per heavy atom. The summed E-state index contributed by atoms with van der Waals surface area (Å²) in [4.78, 5) is 14.4. The number of carbonyl (C=O) groups is 1. The molecule has 1 saturated heterocycles. The number of benzene rings is 1. The highest BCUT2D eigenvalue weighted by Crippen LogP contribution is 2.28. The van der Waals surface area contributed by atoms with Crippen LogP contribution in [0.4, 0.5) is 0 Å². The number of ether oxygens (including phenoxy) is 1. The second kappa shape index (κ2) is 6.46. The largest absolute Gasteiger partial charge is 0.492 e. The van der Waals surface area contributed by atoms with E-state index in [4.69, 9.17) is 4.74 Å². The number of carbonyl (C=O) groups excluding carboxylic acids is 1. The van der Waals surface area contributed by atoms with E-state index < -0.39 is 10.2 Å². The van der Waals surface area contributed by atoms with E-state index in [1.807, 2.05) is 24.3 Å². The summed E-state index contributed by atoms with van der Waals surface area (Å²) in [6.07, 6.45) is 0.671. The van der Waals surface area contributed by atoms with Crippen molar-refractivity contribution in [2.24, 2.45) is 5.92 Å². The molecule has 2 aliphatic rings. The van der Waals surface area contributed by atoms with Gasteiger partial charge >= 0.3 is 0 Å². The van der Waals surface area contributed by atoms with Crippen molar-refractivity contribution in [2.45, 2.75) is 6.42 Å². The predicted octanol–water partition coefficient (Wildman–Crippen LogP) is -0.154. The third-order valence-electron chi connectivity index (χ3n) is 4.38. The quantitative estimate of drug-likeness (QED) is 0.830. The van der Waals surface area contributed by atoms with E-state index in [1.165, 1.54) is 11.4 Å². The molecule has 2 heterocycles. The molecule has 0 aliphatic carbocycles. The first-order chi connectivity index (χ1) is 11.0. The summed E-state index contributed by atoms with van der Waals surface area (Å²) >= 11 is 0. The topological polar surface area (TPSA) is 79.0 Å². The first-order valence-electron chi connectivity index (χ1n) is 7.69. The van der Waals surface area contributed by atoms with Crippen molar-refractivity contribution in [2.75, 3.05) is 39.8 Å². The first-order valence-corrected chi connectivity index (χ1v) is 9.13. The van der Waals surface area contributed by atoms with Crippen molar-refractivity contribution in [3.05, 3.63) is 29.8 Å². The van der Waals surface area contributed by atoms with Crippen LogP contribution >= 0.6 is 0 Å². The predicted molar refractivity (Wildman–Crippen MR) is 85.3 cm³/mol. The van der Waals surface area contributed by atoms with E-state index in [-0.39, 0.29) is 11.8 Å². The van der Waals surface area contributed by atoms with Crippen LogP contribution < -0.4 is 9.46 Å². The van der Waals surface area contributed by atoms with Crippen molar-refractivity contribution in [1.82, 2.24) is 13.9 Å². The van der Waals surface area contributed by atoms with Crippen LogP contribution in [0.1, 0.15) is 5.56 Å². The minimum atomic E-state index is -3.41. The number of rotatable bonds is 3. The van der Waals surface area contributed by atoms with Gasteiger partial charge in [-0.25, -0.2) is 4.72 Å². The lowest BCUT2D eigenvalue weighted by molar-refractivity contribution is -0.138. The van der Waals surface area contributed by atoms with Gasteiger partial charge < -0.3 is 9.64 Å². The molecule has 1 fully saturated rings. The summed E-state index contributed by atoms with van der Waals surface area (Å²) in [5, 5.41) is 0. The van der Waals surface area contributed by atoms with Gasteiger partial charge in [-0.3, -0.25) is 4.79 Å². The van der Waals surface area contributed by atoms with E-state index in [1.54, 1.807) is 4.90 Å². The Hall–Kier alpha value is -1.64. The number of hydrogen-bond donors (Lipinski definition) is 1. The molecule has 0 radical (unpaired) electrons. The van der Waals surface area contributed by atoms with Crippen molar-refractivity contribution in [3.63, 3.8) is 0 Å². The fourth-order valence-electron chi connectivity index (χ4n) is 3.02. The zero-order valence-corrected chi connectivity index (χ0v) is 13.9. The highest BCUT2D eigenvalue weighted by Gasteiger charge is 2.33. The summed E-state index contributed by atoms with van der Waals surface area (Å²) in [5.74, 6) is 0.694. The van der Waals surface area contributed by atoms with E-state index in [2.05, 4.69) is 4.72 Å². The third kappa shape index (κ3) is 3.34. The SMILES string of the molecule is CNS(=O)(=O)N1CCN(C(=O)[C@@H]2COc3ccccc3C2)CC1. The fourth-order valence-corrected chi connectivity index (χ4v) is 3.92. The van der Waals surface area contributed by atoms with Gasteiger partial charge in [0.25, 0.3) is 10.2 Å². The van der Waals surface area contributed by atoms with Gasteiger partial charge in [0.05, 0.1) is 5.92 Å². The van der Waals surface area contributed by atoms with Crippen molar-refractivity contribution in [1.29, 1.82) is 0 Å². The van der Waals surface area contributed by atoms with Gasteiger partial charge in [-0.05, 0) is 18.1 Å². The van der Waals surface area contributed by atoms with Gasteiger partial charge in [-0.2, -0.15) is 12.7 Å². The summed E-state index contributed by atoms with van der Waals surface area (Å²) in [5.41, 5.74) is 1.05. The first kappa shape index (κ1) is 16.2. The molecule has 23 heavy (non-hydrogen) atoms. The minimum absolute atomic E-state index is 0.0426. The second-order valence-corrected chi connectivity index (χ2v) is 7.63. The Morgan fingerprint density at radius 3 is 2.61 bits per heavy atom. The average Bonchev–Trinajstić information content (AvgIpc) is 2.60. The zero-order valence-electron chi connectivity index (χ0n) is 13.1. The molecule has 0 saturated carbocycles. The summed E-state index contributed by atoms with van der Waals surface area (Å²) in [6, 6.07) is 7.75. The smallest absolute Gasteiger partial charge is 0.279 e. The molecule has 2 aliphatic heterocycles. The van der Waals surface area contributed by atoms with E-state index >= 15 is 0 Å². The van der Waals surface area contributed by atoms with Crippen LogP contribution in [0, 0.1) is 5.92 Å². The molecule has 0 aromatic heterocycles. The Bertz CT molecular complexity index is 684. The van der Waals surface area contributed by atoms with Crippen molar-refractivity contribution >= 4 is 16.1 Å². The molecule has 1 aromatic carbocycles. The molecule has 1 aromatic rings. The van der Waals surface area contributed by atoms with Crippen LogP contribution in [-0.4, -0.2) is 63.4 Å². The number of fused-ring (bicyclic) bond motifs is 1. The minimum Gasteiger partial charge on any atom is -0.492 e. The number of hydrogen-bond acceptors (Lipinski definition) is 4. The Balaban J connectivity index is 1.61. The van der Waals surface area contributed by atoms with Gasteiger partial charge in [-0.1, -0.05) is 18.2 Å². The van der Waals surface area contributed by atoms with Crippen LogP contribution in [0.2, 0.25) is 0 Å². The number of nitrogens with zero attached hydrogens (tertiary/aromatic N) is 2. The second-order valence-electron chi connectivity index (χ2n) is 5.75. The van der Waals surface area contributed by atoms with Gasteiger partial charge in [0.1, 0.15) is 12.4 Å². The fraction of sp³-hybridized carbons (Fsp3) is 0.533. The monoisotopic (exact) mass is 339 g/mol. The zero-order chi connectivity index (χ0) is 16.4. The lowest BCUT2D eigenvalue weighted by Gasteiger charge is -2.36. The molecule has 8 heteroatoms. The summed E-state index contributed by atoms with van der Waals surface area (Å²) < 4.78 is 32.9. The van der Waals surface area contributed by atoms with Gasteiger partial charge in [0, 0.05) is 33.2 Å². The van der Waals surface area contributed by atoms with Crippen LogP contribution in [0.5, 0.6) is 5.75 Å². The summed E-state index contributed by atoms with van der Waals surface area (Å²) in [7, 11) is -2.02. The van der Waals surface area contributed by atoms with Gasteiger partial charge in [0.2, 0.25) is 5.91 Å². The standard InChI is InChI=1S/C15H21N3O4S/c1-16-23(20,21)18-8-6-17(7-9-18)15(19)13-10-12-4-2-3-5-14(12)22-11-13/h2-5,13,16H,6-11H2,1H3/t13-/m0/s1. The molecule has 3 rings (SSSR count). The molecule has 0 spiro atoms. The van der Waals surface area contributed by atoms with Gasteiger partial charge in [-0.15, -0.1) is 0 Å². The molecule has 0 bridgehead atoms. The van der Waals surface area contributed by atoms with Crippen molar-refractivity contribution < 1.29 is 17.9 Å². The molecule has 126 valence electrons. The number of para-hydroxylation sites is 1. The molecule has 0 unspecified atom stereocenters. The summed E-state index contributed by atoms with van der Waals surface area (Å²) in [6.45, 7) is 1.85. The van der Waals surface area contributed by atoms with E-state index in [0.717, 1.165) is 11.3 Å². The maximum absolute atomic E-state index is 12.7. The Morgan fingerprint density at radius 1 is 1.22 bits per heavy atom. The molecule has 1 N–H and O–H groups in total. The molecule has 7 nitrogen and oxygen atoms in total. The van der Waals surface area contributed by atoms with Crippen LogP contribution in [-0.2, 0) is 21.4 Å². The number of piperazine rings is 1. The lowest BCUT2D eigenvalue weighted by atomic mass is 9.95. The van der Waals surface area contributed by atoms with Gasteiger partial charge in [0.15, 0.2) is 0 Å². The molecule has 1 atom stereocenters. The third-order valence-corrected chi connectivity index (χ3v) is 5.94.